The van der Waals surface area contributed by atoms with Crippen LogP contribution in [0.5, 0.6) is 0 Å². The molecule has 0 saturated carbocycles. The van der Waals surface area contributed by atoms with Crippen LogP contribution in [0.2, 0.25) is 0 Å². The second kappa shape index (κ2) is 6.83. The Labute approximate surface area is 122 Å². The van der Waals surface area contributed by atoms with E-state index in [4.69, 9.17) is 4.74 Å². The number of sulfonamides is 1. The zero-order valence-corrected chi connectivity index (χ0v) is 13.0. The minimum absolute atomic E-state index is 0.0162. The minimum Gasteiger partial charge on any atom is -0.377 e. The van der Waals surface area contributed by atoms with Crippen LogP contribution in [0.4, 0.5) is 0 Å². The summed E-state index contributed by atoms with van der Waals surface area (Å²) in [5.74, 6) is 0. The third kappa shape index (κ3) is 4.27. The van der Waals surface area contributed by atoms with Gasteiger partial charge in [0.1, 0.15) is 0 Å². The van der Waals surface area contributed by atoms with E-state index in [0.29, 0.717) is 11.4 Å². The Bertz CT molecular complexity index is 495. The molecular weight excluding hydrogens is 330 g/mol. The molecule has 0 aromatic heterocycles. The molecule has 0 amide bonds. The molecule has 0 spiro atoms. The summed E-state index contributed by atoms with van der Waals surface area (Å²) in [4.78, 5) is 0.309. The van der Waals surface area contributed by atoms with Gasteiger partial charge in [-0.3, -0.25) is 0 Å². The van der Waals surface area contributed by atoms with Crippen molar-refractivity contribution in [1.29, 1.82) is 0 Å². The van der Waals surface area contributed by atoms with E-state index in [-0.39, 0.29) is 6.10 Å². The first-order chi connectivity index (χ1) is 9.12. The summed E-state index contributed by atoms with van der Waals surface area (Å²) in [5, 5.41) is 0.871. The summed E-state index contributed by atoms with van der Waals surface area (Å²) in [6.07, 6.45) is 2.84. The Morgan fingerprint density at radius 1 is 1.32 bits per heavy atom. The predicted octanol–water partition coefficient (Wildman–Crippen LogP) is 2.08. The number of ether oxygens (including phenoxy) is 1. The molecule has 1 fully saturated rings. The standard InChI is InChI=1S/C13H18BrNO3S/c14-8-7-11-3-5-13(6-4-11)19(16,17)15-10-12-2-1-9-18-12/h3-6,12,15H,1-2,7-10H2. The van der Waals surface area contributed by atoms with Crippen molar-refractivity contribution in [3.8, 4) is 0 Å². The Balaban J connectivity index is 1.97. The molecule has 106 valence electrons. The van der Waals surface area contributed by atoms with Crippen LogP contribution >= 0.6 is 15.9 Å². The average Bonchev–Trinajstić information content (AvgIpc) is 2.91. The Hall–Kier alpha value is -0.430. The van der Waals surface area contributed by atoms with E-state index in [2.05, 4.69) is 20.7 Å². The maximum absolute atomic E-state index is 12.1. The van der Waals surface area contributed by atoms with Gasteiger partial charge in [-0.15, -0.1) is 0 Å². The van der Waals surface area contributed by atoms with Gasteiger partial charge in [-0.2, -0.15) is 0 Å². The highest BCUT2D eigenvalue weighted by molar-refractivity contribution is 9.09. The highest BCUT2D eigenvalue weighted by Gasteiger charge is 2.20. The van der Waals surface area contributed by atoms with Crippen LogP contribution in [0, 0.1) is 0 Å². The van der Waals surface area contributed by atoms with E-state index < -0.39 is 10.0 Å². The summed E-state index contributed by atoms with van der Waals surface area (Å²) in [5.41, 5.74) is 1.12. The van der Waals surface area contributed by atoms with Crippen molar-refractivity contribution in [2.24, 2.45) is 0 Å². The highest BCUT2D eigenvalue weighted by Crippen LogP contribution is 2.14. The number of alkyl halides is 1. The largest absolute Gasteiger partial charge is 0.377 e. The predicted molar refractivity (Wildman–Crippen MR) is 78.1 cm³/mol. The van der Waals surface area contributed by atoms with Gasteiger partial charge in [0.05, 0.1) is 11.0 Å². The zero-order chi connectivity index (χ0) is 13.7. The van der Waals surface area contributed by atoms with Gasteiger partial charge in [-0.25, -0.2) is 13.1 Å². The zero-order valence-electron chi connectivity index (χ0n) is 10.6. The normalized spacial score (nSPS) is 19.7. The van der Waals surface area contributed by atoms with E-state index >= 15 is 0 Å². The van der Waals surface area contributed by atoms with E-state index in [9.17, 15) is 8.42 Å². The SMILES string of the molecule is O=S(=O)(NCC1CCCO1)c1ccc(CCBr)cc1. The molecular formula is C13H18BrNO3S. The topological polar surface area (TPSA) is 55.4 Å². The van der Waals surface area contributed by atoms with E-state index in [0.717, 1.165) is 36.8 Å². The fourth-order valence-electron chi connectivity index (χ4n) is 2.04. The third-order valence-electron chi connectivity index (χ3n) is 3.14. The first kappa shape index (κ1) is 15.0. The molecule has 1 atom stereocenters. The van der Waals surface area contributed by atoms with Crippen molar-refractivity contribution in [1.82, 2.24) is 4.72 Å². The monoisotopic (exact) mass is 347 g/mol. The fraction of sp³-hybridized carbons (Fsp3) is 0.538. The number of aryl methyl sites for hydroxylation is 1. The number of rotatable bonds is 6. The molecule has 0 aliphatic carbocycles. The molecule has 1 unspecified atom stereocenters. The second-order valence-corrected chi connectivity index (χ2v) is 7.13. The van der Waals surface area contributed by atoms with Crippen LogP contribution in [0.1, 0.15) is 18.4 Å². The van der Waals surface area contributed by atoms with Crippen LogP contribution in [0.3, 0.4) is 0 Å². The number of nitrogens with one attached hydrogen (secondary N) is 1. The van der Waals surface area contributed by atoms with Crippen molar-refractivity contribution in [3.63, 3.8) is 0 Å². The van der Waals surface area contributed by atoms with Gasteiger partial charge < -0.3 is 4.74 Å². The van der Waals surface area contributed by atoms with E-state index in [1.165, 1.54) is 0 Å². The molecule has 1 aromatic rings. The fourth-order valence-corrected chi connectivity index (χ4v) is 3.56. The van der Waals surface area contributed by atoms with Crippen molar-refractivity contribution >= 4 is 26.0 Å². The van der Waals surface area contributed by atoms with E-state index in [1.54, 1.807) is 12.1 Å². The highest BCUT2D eigenvalue weighted by atomic mass is 79.9. The van der Waals surface area contributed by atoms with Crippen LogP contribution in [0.15, 0.2) is 29.2 Å². The lowest BCUT2D eigenvalue weighted by molar-refractivity contribution is 0.114. The van der Waals surface area contributed by atoms with Gasteiger partial charge >= 0.3 is 0 Å². The number of halogens is 1. The molecule has 0 radical (unpaired) electrons. The second-order valence-electron chi connectivity index (χ2n) is 4.57. The molecule has 1 N–H and O–H groups in total. The number of hydrogen-bond acceptors (Lipinski definition) is 3. The Morgan fingerprint density at radius 2 is 2.05 bits per heavy atom. The lowest BCUT2D eigenvalue weighted by atomic mass is 10.2. The molecule has 4 nitrogen and oxygen atoms in total. The summed E-state index contributed by atoms with van der Waals surface area (Å²) < 4.78 is 32.2. The van der Waals surface area contributed by atoms with Gasteiger partial charge in [0.25, 0.3) is 0 Å². The van der Waals surface area contributed by atoms with Crippen LogP contribution in [-0.4, -0.2) is 33.0 Å². The number of benzene rings is 1. The van der Waals surface area contributed by atoms with Crippen LogP contribution in [-0.2, 0) is 21.2 Å². The third-order valence-corrected chi connectivity index (χ3v) is 4.98. The molecule has 1 aliphatic heterocycles. The quantitative estimate of drug-likeness (QED) is 0.801. The average molecular weight is 348 g/mol. The summed E-state index contributed by atoms with van der Waals surface area (Å²) in [6, 6.07) is 7.00. The summed E-state index contributed by atoms with van der Waals surface area (Å²) >= 11 is 3.36. The van der Waals surface area contributed by atoms with Crippen molar-refractivity contribution in [3.05, 3.63) is 29.8 Å². The molecule has 2 rings (SSSR count). The molecule has 1 aromatic carbocycles. The first-order valence-corrected chi connectivity index (χ1v) is 8.98. The Morgan fingerprint density at radius 3 is 2.63 bits per heavy atom. The van der Waals surface area contributed by atoms with Crippen LogP contribution in [0.25, 0.3) is 0 Å². The van der Waals surface area contributed by atoms with Crippen molar-refractivity contribution in [2.75, 3.05) is 18.5 Å². The summed E-state index contributed by atoms with van der Waals surface area (Å²) in [7, 11) is -3.42. The minimum atomic E-state index is -3.42. The maximum Gasteiger partial charge on any atom is 0.240 e. The maximum atomic E-state index is 12.1. The molecule has 0 bridgehead atoms. The van der Waals surface area contributed by atoms with Crippen molar-refractivity contribution in [2.45, 2.75) is 30.3 Å². The molecule has 1 saturated heterocycles. The van der Waals surface area contributed by atoms with Crippen LogP contribution < -0.4 is 4.72 Å². The smallest absolute Gasteiger partial charge is 0.240 e. The first-order valence-electron chi connectivity index (χ1n) is 6.38. The van der Waals surface area contributed by atoms with Gasteiger partial charge in [-0.1, -0.05) is 28.1 Å². The molecule has 1 heterocycles. The summed E-state index contributed by atoms with van der Waals surface area (Å²) in [6.45, 7) is 1.08. The van der Waals surface area contributed by atoms with Gasteiger partial charge in [0.2, 0.25) is 10.0 Å². The van der Waals surface area contributed by atoms with Crippen molar-refractivity contribution < 1.29 is 13.2 Å². The van der Waals surface area contributed by atoms with Gasteiger partial charge in [-0.05, 0) is 37.0 Å². The van der Waals surface area contributed by atoms with Gasteiger partial charge in [0, 0.05) is 18.5 Å². The van der Waals surface area contributed by atoms with Gasteiger partial charge in [0.15, 0.2) is 0 Å². The molecule has 1 aliphatic rings. The lowest BCUT2D eigenvalue weighted by Crippen LogP contribution is -2.31. The Kier molecular flexibility index (Phi) is 5.38. The molecule has 6 heteroatoms. The lowest BCUT2D eigenvalue weighted by Gasteiger charge is -2.11. The number of hydrogen-bond donors (Lipinski definition) is 1. The molecule has 19 heavy (non-hydrogen) atoms. The van der Waals surface area contributed by atoms with E-state index in [1.807, 2.05) is 12.1 Å².